The average molecular weight is 428 g/mol. The summed E-state index contributed by atoms with van der Waals surface area (Å²) in [6.07, 6.45) is 3.52. The van der Waals surface area contributed by atoms with E-state index in [-0.39, 0.29) is 23.9 Å². The number of carbonyl (C=O) groups is 1. The molecule has 30 heavy (non-hydrogen) atoms. The van der Waals surface area contributed by atoms with Crippen molar-refractivity contribution in [1.29, 1.82) is 0 Å². The van der Waals surface area contributed by atoms with E-state index in [0.717, 1.165) is 19.4 Å². The Hall–Kier alpha value is -2.90. The monoisotopic (exact) mass is 427 g/mol. The SMILES string of the molecule is O=C(CCn1ncc(=O)c2ccccc21)Nc1cc(Cl)ccc1OCC1CCCO1. The lowest BCUT2D eigenvalue weighted by Gasteiger charge is -2.16. The van der Waals surface area contributed by atoms with Crippen molar-refractivity contribution in [1.82, 2.24) is 9.78 Å². The second-order valence-corrected chi connectivity index (χ2v) is 7.57. The highest BCUT2D eigenvalue weighted by molar-refractivity contribution is 6.31. The van der Waals surface area contributed by atoms with Crippen LogP contribution in [-0.4, -0.2) is 35.0 Å². The Labute approximate surface area is 178 Å². The summed E-state index contributed by atoms with van der Waals surface area (Å²) in [7, 11) is 0. The van der Waals surface area contributed by atoms with Gasteiger partial charge in [0, 0.05) is 23.4 Å². The highest BCUT2D eigenvalue weighted by atomic mass is 35.5. The number of nitrogens with zero attached hydrogens (tertiary/aromatic N) is 2. The molecule has 3 aromatic rings. The van der Waals surface area contributed by atoms with Crippen molar-refractivity contribution >= 4 is 34.1 Å². The summed E-state index contributed by atoms with van der Waals surface area (Å²) in [6.45, 7) is 1.52. The van der Waals surface area contributed by atoms with E-state index in [0.29, 0.717) is 40.5 Å². The van der Waals surface area contributed by atoms with Gasteiger partial charge in [0.2, 0.25) is 11.3 Å². The molecular weight excluding hydrogens is 406 g/mol. The van der Waals surface area contributed by atoms with Gasteiger partial charge < -0.3 is 14.8 Å². The summed E-state index contributed by atoms with van der Waals surface area (Å²) in [5.74, 6) is 0.346. The van der Waals surface area contributed by atoms with Crippen molar-refractivity contribution in [3.05, 3.63) is 63.9 Å². The number of carbonyl (C=O) groups excluding carboxylic acids is 1. The molecule has 1 aliphatic rings. The quantitative estimate of drug-likeness (QED) is 0.622. The summed E-state index contributed by atoms with van der Waals surface area (Å²) in [4.78, 5) is 24.5. The summed E-state index contributed by atoms with van der Waals surface area (Å²) in [6, 6.07) is 12.3. The molecule has 0 radical (unpaired) electrons. The minimum absolute atomic E-state index is 0.0731. The molecule has 8 heteroatoms. The summed E-state index contributed by atoms with van der Waals surface area (Å²) in [5, 5.41) is 8.10. The molecule has 156 valence electrons. The molecular formula is C22H22ClN3O4. The first kappa shape index (κ1) is 20.4. The lowest BCUT2D eigenvalue weighted by atomic mass is 10.2. The van der Waals surface area contributed by atoms with E-state index < -0.39 is 0 Å². The van der Waals surface area contributed by atoms with E-state index >= 15 is 0 Å². The molecule has 1 unspecified atom stereocenters. The highest BCUT2D eigenvalue weighted by Crippen LogP contribution is 2.29. The Morgan fingerprint density at radius 2 is 2.17 bits per heavy atom. The fourth-order valence-corrected chi connectivity index (χ4v) is 3.62. The van der Waals surface area contributed by atoms with Gasteiger partial charge in [0.25, 0.3) is 0 Å². The Kier molecular flexibility index (Phi) is 6.30. The van der Waals surface area contributed by atoms with E-state index in [4.69, 9.17) is 21.1 Å². The molecule has 1 aliphatic heterocycles. The number of hydrogen-bond donors (Lipinski definition) is 1. The van der Waals surface area contributed by atoms with E-state index in [9.17, 15) is 9.59 Å². The zero-order chi connectivity index (χ0) is 20.9. The van der Waals surface area contributed by atoms with Crippen molar-refractivity contribution in [3.63, 3.8) is 0 Å². The van der Waals surface area contributed by atoms with Crippen LogP contribution in [0.5, 0.6) is 5.75 Å². The lowest BCUT2D eigenvalue weighted by molar-refractivity contribution is -0.116. The number of anilines is 1. The van der Waals surface area contributed by atoms with Crippen molar-refractivity contribution < 1.29 is 14.3 Å². The van der Waals surface area contributed by atoms with Crippen molar-refractivity contribution in [3.8, 4) is 5.75 Å². The number of benzene rings is 2. The van der Waals surface area contributed by atoms with Crippen LogP contribution in [0.1, 0.15) is 19.3 Å². The van der Waals surface area contributed by atoms with Crippen molar-refractivity contribution in [2.45, 2.75) is 31.9 Å². The highest BCUT2D eigenvalue weighted by Gasteiger charge is 2.17. The Bertz CT molecular complexity index is 1110. The van der Waals surface area contributed by atoms with Gasteiger partial charge in [0.05, 0.1) is 30.0 Å². The fraction of sp³-hybridized carbons (Fsp3) is 0.318. The van der Waals surface area contributed by atoms with E-state index in [1.54, 1.807) is 35.0 Å². The standard InChI is InChI=1S/C22H22ClN3O4/c23-15-7-8-21(30-14-16-4-3-11-29-16)18(12-15)25-22(28)9-10-26-19-6-2-1-5-17(19)20(27)13-24-26/h1-2,5-8,12-13,16H,3-4,9-11,14H2,(H,25,28). The minimum atomic E-state index is -0.205. The first-order valence-corrected chi connectivity index (χ1v) is 10.3. The van der Waals surface area contributed by atoms with E-state index in [2.05, 4.69) is 10.4 Å². The number of halogens is 1. The number of hydrogen-bond acceptors (Lipinski definition) is 5. The van der Waals surface area contributed by atoms with Crippen LogP contribution in [0.25, 0.3) is 10.9 Å². The maximum atomic E-state index is 12.6. The number of fused-ring (bicyclic) bond motifs is 1. The summed E-state index contributed by atoms with van der Waals surface area (Å²) < 4.78 is 13.1. The summed E-state index contributed by atoms with van der Waals surface area (Å²) >= 11 is 6.11. The van der Waals surface area contributed by atoms with Gasteiger partial charge in [0.1, 0.15) is 12.4 Å². The third-order valence-electron chi connectivity index (χ3n) is 4.98. The molecule has 0 aliphatic carbocycles. The zero-order valence-corrected chi connectivity index (χ0v) is 17.1. The van der Waals surface area contributed by atoms with Crippen molar-refractivity contribution in [2.75, 3.05) is 18.5 Å². The van der Waals surface area contributed by atoms with Gasteiger partial charge in [-0.15, -0.1) is 0 Å². The zero-order valence-electron chi connectivity index (χ0n) is 16.3. The number of amides is 1. The molecule has 1 N–H and O–H groups in total. The van der Waals surface area contributed by atoms with Crippen LogP contribution in [-0.2, 0) is 16.1 Å². The van der Waals surface area contributed by atoms with Gasteiger partial charge >= 0.3 is 0 Å². The second kappa shape index (κ2) is 9.28. The Balaban J connectivity index is 1.42. The predicted molar refractivity (Wildman–Crippen MR) is 115 cm³/mol. The van der Waals surface area contributed by atoms with Gasteiger partial charge in [-0.05, 0) is 43.2 Å². The topological polar surface area (TPSA) is 82.5 Å². The van der Waals surface area contributed by atoms with Crippen LogP contribution in [0.3, 0.4) is 0 Å². The van der Waals surface area contributed by atoms with Crippen LogP contribution >= 0.6 is 11.6 Å². The number of nitrogens with one attached hydrogen (secondary N) is 1. The number of aryl methyl sites for hydroxylation is 1. The summed E-state index contributed by atoms with van der Waals surface area (Å²) in [5.41, 5.74) is 1.07. The third-order valence-corrected chi connectivity index (χ3v) is 5.21. The Morgan fingerprint density at radius 1 is 1.30 bits per heavy atom. The van der Waals surface area contributed by atoms with Gasteiger partial charge in [-0.25, -0.2) is 0 Å². The largest absolute Gasteiger partial charge is 0.489 e. The predicted octanol–water partition coefficient (Wildman–Crippen LogP) is 3.64. The van der Waals surface area contributed by atoms with Crippen LogP contribution in [0.15, 0.2) is 53.5 Å². The molecule has 0 spiro atoms. The lowest BCUT2D eigenvalue weighted by Crippen LogP contribution is -2.19. The van der Waals surface area contributed by atoms with E-state index in [1.165, 1.54) is 6.20 Å². The minimum Gasteiger partial charge on any atom is -0.489 e. The van der Waals surface area contributed by atoms with Gasteiger partial charge in [-0.3, -0.25) is 14.3 Å². The molecule has 0 saturated carbocycles. The van der Waals surface area contributed by atoms with Crippen LogP contribution in [0, 0.1) is 0 Å². The van der Waals surface area contributed by atoms with E-state index in [1.807, 2.05) is 12.1 Å². The second-order valence-electron chi connectivity index (χ2n) is 7.13. The van der Waals surface area contributed by atoms with Crippen molar-refractivity contribution in [2.24, 2.45) is 0 Å². The molecule has 2 aromatic carbocycles. The third kappa shape index (κ3) is 4.80. The molecule has 4 rings (SSSR count). The number of rotatable bonds is 7. The first-order valence-electron chi connectivity index (χ1n) is 9.89. The smallest absolute Gasteiger partial charge is 0.226 e. The average Bonchev–Trinajstić information content (AvgIpc) is 3.27. The van der Waals surface area contributed by atoms with Crippen LogP contribution in [0.2, 0.25) is 5.02 Å². The van der Waals surface area contributed by atoms with Gasteiger partial charge in [-0.2, -0.15) is 5.10 Å². The van der Waals surface area contributed by atoms with Crippen LogP contribution in [0.4, 0.5) is 5.69 Å². The molecule has 2 heterocycles. The molecule has 1 amide bonds. The Morgan fingerprint density at radius 3 is 3.00 bits per heavy atom. The molecule has 1 atom stereocenters. The molecule has 1 saturated heterocycles. The normalized spacial score (nSPS) is 16.0. The number of ether oxygens (including phenoxy) is 2. The maximum Gasteiger partial charge on any atom is 0.226 e. The molecule has 7 nitrogen and oxygen atoms in total. The molecule has 1 fully saturated rings. The first-order chi connectivity index (χ1) is 14.6. The molecule has 1 aromatic heterocycles. The van der Waals surface area contributed by atoms with Crippen LogP contribution < -0.4 is 15.5 Å². The number of para-hydroxylation sites is 1. The maximum absolute atomic E-state index is 12.6. The fourth-order valence-electron chi connectivity index (χ4n) is 3.44. The molecule has 0 bridgehead atoms. The number of aromatic nitrogens is 2. The van der Waals surface area contributed by atoms with Gasteiger partial charge in [-0.1, -0.05) is 23.7 Å². The van der Waals surface area contributed by atoms with Gasteiger partial charge in [0.15, 0.2) is 0 Å².